The van der Waals surface area contributed by atoms with Crippen molar-refractivity contribution in [2.45, 2.75) is 64.8 Å². The van der Waals surface area contributed by atoms with E-state index in [1.54, 1.807) is 0 Å². The first-order valence-corrected chi connectivity index (χ1v) is 11.2. The van der Waals surface area contributed by atoms with Gasteiger partial charge in [0, 0.05) is 30.4 Å². The third-order valence-electron chi connectivity index (χ3n) is 5.90. The van der Waals surface area contributed by atoms with E-state index in [2.05, 4.69) is 80.1 Å². The minimum atomic E-state index is 0.611. The molecule has 0 amide bonds. The zero-order chi connectivity index (χ0) is 20.6. The lowest BCUT2D eigenvalue weighted by molar-refractivity contribution is 0.395. The first kappa shape index (κ1) is 21.2. The molecule has 0 aliphatic heterocycles. The second-order valence-electron chi connectivity index (χ2n) is 8.19. The van der Waals surface area contributed by atoms with Gasteiger partial charge in [-0.2, -0.15) is 0 Å². The van der Waals surface area contributed by atoms with Gasteiger partial charge < -0.3 is 10.6 Å². The fourth-order valence-electron chi connectivity index (χ4n) is 4.33. The maximum Gasteiger partial charge on any atom is 0.0340 e. The van der Waals surface area contributed by atoms with Gasteiger partial charge in [0.1, 0.15) is 0 Å². The minimum Gasteiger partial charge on any atom is -0.386 e. The molecule has 0 aromatic heterocycles. The first-order chi connectivity index (χ1) is 14.1. The third-order valence-corrected chi connectivity index (χ3v) is 5.90. The summed E-state index contributed by atoms with van der Waals surface area (Å²) in [5.41, 5.74) is 8.55. The van der Waals surface area contributed by atoms with Crippen molar-refractivity contribution in [1.29, 1.82) is 0 Å². The zero-order valence-electron chi connectivity index (χ0n) is 18.2. The lowest BCUT2D eigenvalue weighted by Gasteiger charge is -2.25. The predicted octanol–water partition coefficient (Wildman–Crippen LogP) is 6.47. The van der Waals surface area contributed by atoms with Crippen LogP contribution in [-0.2, 0) is 12.8 Å². The number of benzene rings is 2. The summed E-state index contributed by atoms with van der Waals surface area (Å²) in [7, 11) is 0. The van der Waals surface area contributed by atoms with Gasteiger partial charge in [-0.1, -0.05) is 75.7 Å². The van der Waals surface area contributed by atoms with Crippen LogP contribution in [0.5, 0.6) is 0 Å². The number of hydrogen-bond donors (Lipinski definition) is 2. The topological polar surface area (TPSA) is 24.1 Å². The van der Waals surface area contributed by atoms with Crippen molar-refractivity contribution in [2.75, 3.05) is 6.54 Å². The van der Waals surface area contributed by atoms with Crippen LogP contribution in [-0.4, -0.2) is 12.6 Å². The van der Waals surface area contributed by atoms with Gasteiger partial charge >= 0.3 is 0 Å². The Bertz CT molecular complexity index is 843. The summed E-state index contributed by atoms with van der Waals surface area (Å²) in [6, 6.07) is 16.2. The normalized spacial score (nSPS) is 14.4. The summed E-state index contributed by atoms with van der Waals surface area (Å²) in [6.07, 6.45) is 8.53. The summed E-state index contributed by atoms with van der Waals surface area (Å²) >= 11 is 0. The van der Waals surface area contributed by atoms with Crippen LogP contribution in [0.15, 0.2) is 61.3 Å². The quantitative estimate of drug-likeness (QED) is 0.514. The van der Waals surface area contributed by atoms with E-state index in [1.807, 2.05) is 0 Å². The Kier molecular flexibility index (Phi) is 7.57. The molecule has 2 aromatic carbocycles. The van der Waals surface area contributed by atoms with Crippen LogP contribution in [0.25, 0.3) is 16.8 Å². The average molecular weight is 389 g/mol. The van der Waals surface area contributed by atoms with Gasteiger partial charge in [-0.3, -0.25) is 0 Å². The van der Waals surface area contributed by atoms with Crippen LogP contribution in [0, 0.1) is 0 Å². The Morgan fingerprint density at radius 3 is 2.52 bits per heavy atom. The van der Waals surface area contributed by atoms with Gasteiger partial charge in [-0.15, -0.1) is 0 Å². The number of rotatable bonds is 9. The van der Waals surface area contributed by atoms with E-state index < -0.39 is 0 Å². The van der Waals surface area contributed by atoms with Crippen molar-refractivity contribution in [3.05, 3.63) is 78.0 Å². The van der Waals surface area contributed by atoms with Crippen molar-refractivity contribution in [1.82, 2.24) is 10.6 Å². The van der Waals surface area contributed by atoms with E-state index in [1.165, 1.54) is 54.4 Å². The molecule has 2 nitrogen and oxygen atoms in total. The highest BCUT2D eigenvalue weighted by molar-refractivity contribution is 5.73. The van der Waals surface area contributed by atoms with E-state index in [0.29, 0.717) is 6.04 Å². The van der Waals surface area contributed by atoms with E-state index in [0.717, 1.165) is 36.3 Å². The summed E-state index contributed by atoms with van der Waals surface area (Å²) in [4.78, 5) is 0. The second kappa shape index (κ2) is 10.3. The third kappa shape index (κ3) is 5.76. The molecule has 3 rings (SSSR count). The fourth-order valence-corrected chi connectivity index (χ4v) is 4.33. The molecule has 0 bridgehead atoms. The van der Waals surface area contributed by atoms with Gasteiger partial charge in [0.25, 0.3) is 0 Å². The molecule has 2 N–H and O–H groups in total. The molecule has 1 aliphatic rings. The predicted molar refractivity (Wildman–Crippen MR) is 127 cm³/mol. The zero-order valence-corrected chi connectivity index (χ0v) is 18.2. The SMILES string of the molecule is C=C(Cc1ccc(CC)c(-c2cccc(C(=C)NCC)c2)c1)NC1CCCCC1. The summed E-state index contributed by atoms with van der Waals surface area (Å²) in [6.45, 7) is 13.7. The molecule has 2 aromatic rings. The standard InChI is InChI=1S/C27H36N2/c1-5-23-16-15-22(17-20(3)29-26-13-8-7-9-14-26)18-27(23)25-12-10-11-24(19-25)21(4)28-6-2/h10-12,15-16,18-19,26,28-29H,3-9,13-14,17H2,1-2H3. The summed E-state index contributed by atoms with van der Waals surface area (Å²) in [5, 5.41) is 7.01. The Morgan fingerprint density at radius 1 is 1.00 bits per heavy atom. The van der Waals surface area contributed by atoms with E-state index >= 15 is 0 Å². The van der Waals surface area contributed by atoms with Crippen molar-refractivity contribution in [3.63, 3.8) is 0 Å². The van der Waals surface area contributed by atoms with Crippen LogP contribution >= 0.6 is 0 Å². The number of nitrogens with one attached hydrogen (secondary N) is 2. The van der Waals surface area contributed by atoms with Gasteiger partial charge in [-0.05, 0) is 60.1 Å². The smallest absolute Gasteiger partial charge is 0.0340 e. The molecule has 1 aliphatic carbocycles. The van der Waals surface area contributed by atoms with E-state index in [9.17, 15) is 0 Å². The van der Waals surface area contributed by atoms with Crippen molar-refractivity contribution >= 4 is 5.70 Å². The molecule has 29 heavy (non-hydrogen) atoms. The second-order valence-corrected chi connectivity index (χ2v) is 8.19. The highest BCUT2D eigenvalue weighted by Crippen LogP contribution is 2.28. The van der Waals surface area contributed by atoms with Gasteiger partial charge in [0.05, 0.1) is 0 Å². The minimum absolute atomic E-state index is 0.611. The molecular weight excluding hydrogens is 352 g/mol. The average Bonchev–Trinajstić information content (AvgIpc) is 2.74. The van der Waals surface area contributed by atoms with Crippen LogP contribution in [0.3, 0.4) is 0 Å². The highest BCUT2D eigenvalue weighted by atomic mass is 14.9. The highest BCUT2D eigenvalue weighted by Gasteiger charge is 2.14. The van der Waals surface area contributed by atoms with Crippen LogP contribution in [0.2, 0.25) is 0 Å². The summed E-state index contributed by atoms with van der Waals surface area (Å²) in [5.74, 6) is 0. The van der Waals surface area contributed by atoms with Gasteiger partial charge in [0.15, 0.2) is 0 Å². The molecule has 0 atom stereocenters. The maximum absolute atomic E-state index is 4.32. The van der Waals surface area contributed by atoms with Gasteiger partial charge in [0.2, 0.25) is 0 Å². The Morgan fingerprint density at radius 2 is 1.79 bits per heavy atom. The molecule has 0 heterocycles. The van der Waals surface area contributed by atoms with Crippen molar-refractivity contribution in [3.8, 4) is 11.1 Å². The van der Waals surface area contributed by atoms with Crippen molar-refractivity contribution < 1.29 is 0 Å². The van der Waals surface area contributed by atoms with Crippen LogP contribution in [0.1, 0.15) is 62.6 Å². The van der Waals surface area contributed by atoms with Gasteiger partial charge in [-0.25, -0.2) is 0 Å². The van der Waals surface area contributed by atoms with E-state index in [-0.39, 0.29) is 0 Å². The molecule has 1 fully saturated rings. The molecule has 0 spiro atoms. The molecular formula is C27H36N2. The lowest BCUT2D eigenvalue weighted by atomic mass is 9.92. The molecule has 154 valence electrons. The van der Waals surface area contributed by atoms with Crippen LogP contribution < -0.4 is 10.6 Å². The lowest BCUT2D eigenvalue weighted by Crippen LogP contribution is -2.30. The largest absolute Gasteiger partial charge is 0.386 e. The fraction of sp³-hybridized carbons (Fsp3) is 0.407. The molecule has 0 unspecified atom stereocenters. The molecule has 0 saturated heterocycles. The maximum atomic E-state index is 4.32. The van der Waals surface area contributed by atoms with E-state index in [4.69, 9.17) is 0 Å². The summed E-state index contributed by atoms with van der Waals surface area (Å²) < 4.78 is 0. The number of allylic oxidation sites excluding steroid dienone is 1. The monoisotopic (exact) mass is 388 g/mol. The molecule has 0 radical (unpaired) electrons. The Balaban J connectivity index is 1.79. The van der Waals surface area contributed by atoms with Crippen LogP contribution in [0.4, 0.5) is 0 Å². The molecule has 1 saturated carbocycles. The number of aryl methyl sites for hydroxylation is 1. The Labute approximate surface area is 177 Å². The number of hydrogen-bond acceptors (Lipinski definition) is 2. The van der Waals surface area contributed by atoms with Crippen molar-refractivity contribution in [2.24, 2.45) is 0 Å². The Hall–Kier alpha value is -2.48. The first-order valence-electron chi connectivity index (χ1n) is 11.2. The molecule has 2 heteroatoms.